The maximum atomic E-state index is 11.7. The van der Waals surface area contributed by atoms with Crippen molar-refractivity contribution in [3.63, 3.8) is 0 Å². The zero-order valence-electron chi connectivity index (χ0n) is 12.4. The number of nitrogens with zero attached hydrogens (tertiary/aromatic N) is 1. The molecule has 0 unspecified atom stereocenters. The number of aromatic hydroxyl groups is 1. The molecule has 0 saturated heterocycles. The fourth-order valence-electron chi connectivity index (χ4n) is 1.77. The van der Waals surface area contributed by atoms with Crippen LogP contribution >= 0.6 is 11.6 Å². The second-order valence-electron chi connectivity index (χ2n) is 4.56. The van der Waals surface area contributed by atoms with Crippen LogP contribution in [0.3, 0.4) is 0 Å². The number of phenols is 1. The molecule has 2 aromatic carbocycles. The molecule has 0 bridgehead atoms. The first kappa shape index (κ1) is 16.6. The van der Waals surface area contributed by atoms with Crippen LogP contribution in [0.5, 0.6) is 11.5 Å². The summed E-state index contributed by atoms with van der Waals surface area (Å²) >= 11 is 5.98. The summed E-state index contributed by atoms with van der Waals surface area (Å²) in [7, 11) is 1.46. The molecule has 0 aliphatic heterocycles. The first-order valence-corrected chi connectivity index (χ1v) is 7.15. The fraction of sp³-hybridized carbons (Fsp3) is 0.125. The van der Waals surface area contributed by atoms with Crippen LogP contribution in [-0.2, 0) is 4.79 Å². The van der Waals surface area contributed by atoms with Gasteiger partial charge in [-0.05, 0) is 35.9 Å². The lowest BCUT2D eigenvalue weighted by atomic mass is 10.2. The zero-order chi connectivity index (χ0) is 16.7. The van der Waals surface area contributed by atoms with Crippen molar-refractivity contribution in [1.82, 2.24) is 5.43 Å². The number of hydrogen-bond acceptors (Lipinski definition) is 5. The standard InChI is InChI=1S/C16H16ClN3O3/c1-23-15-8-11(6-7-14(15)21)9-19-20-16(22)10-18-13-5-3-2-4-12(13)17/h2-9,18,21H,10H2,1H3,(H,20,22)/b19-9-. The molecule has 0 aliphatic rings. The van der Waals surface area contributed by atoms with E-state index in [9.17, 15) is 9.90 Å². The lowest BCUT2D eigenvalue weighted by molar-refractivity contribution is -0.119. The summed E-state index contributed by atoms with van der Waals surface area (Å²) in [5.74, 6) is 0.0604. The van der Waals surface area contributed by atoms with Gasteiger partial charge in [0.2, 0.25) is 0 Å². The molecule has 0 atom stereocenters. The normalized spacial score (nSPS) is 10.5. The summed E-state index contributed by atoms with van der Waals surface area (Å²) in [6.07, 6.45) is 1.45. The number of para-hydroxylation sites is 1. The summed E-state index contributed by atoms with van der Waals surface area (Å²) < 4.78 is 4.99. The minimum absolute atomic E-state index is 0.0395. The van der Waals surface area contributed by atoms with E-state index < -0.39 is 0 Å². The molecule has 2 rings (SSSR count). The molecule has 0 aliphatic carbocycles. The summed E-state index contributed by atoms with van der Waals surface area (Å²) in [6, 6.07) is 11.9. The number of nitrogens with one attached hydrogen (secondary N) is 2. The molecule has 7 heteroatoms. The van der Waals surface area contributed by atoms with E-state index in [1.807, 2.05) is 12.1 Å². The molecule has 23 heavy (non-hydrogen) atoms. The van der Waals surface area contributed by atoms with E-state index in [4.69, 9.17) is 16.3 Å². The Morgan fingerprint density at radius 2 is 2.13 bits per heavy atom. The van der Waals surface area contributed by atoms with Crippen LogP contribution in [0, 0.1) is 0 Å². The Bertz CT molecular complexity index is 719. The highest BCUT2D eigenvalue weighted by Crippen LogP contribution is 2.25. The number of methoxy groups -OCH3 is 1. The number of amides is 1. The van der Waals surface area contributed by atoms with Crippen molar-refractivity contribution >= 4 is 29.4 Å². The van der Waals surface area contributed by atoms with E-state index in [-0.39, 0.29) is 18.2 Å². The molecule has 0 heterocycles. The van der Waals surface area contributed by atoms with Gasteiger partial charge < -0.3 is 15.2 Å². The van der Waals surface area contributed by atoms with E-state index in [2.05, 4.69) is 15.8 Å². The molecule has 0 saturated carbocycles. The lowest BCUT2D eigenvalue weighted by Crippen LogP contribution is -2.25. The second-order valence-corrected chi connectivity index (χ2v) is 4.97. The van der Waals surface area contributed by atoms with Gasteiger partial charge in [-0.15, -0.1) is 0 Å². The monoisotopic (exact) mass is 333 g/mol. The van der Waals surface area contributed by atoms with Gasteiger partial charge in [-0.3, -0.25) is 4.79 Å². The molecule has 2 aromatic rings. The number of phenolic OH excluding ortho intramolecular Hbond substituents is 1. The largest absolute Gasteiger partial charge is 0.504 e. The van der Waals surface area contributed by atoms with Crippen LogP contribution in [0.2, 0.25) is 5.02 Å². The SMILES string of the molecule is COc1cc(/C=N\NC(=O)CNc2ccccc2Cl)ccc1O. The van der Waals surface area contributed by atoms with Crippen molar-refractivity contribution in [2.45, 2.75) is 0 Å². The second kappa shape index (κ2) is 8.05. The van der Waals surface area contributed by atoms with Gasteiger partial charge >= 0.3 is 0 Å². The van der Waals surface area contributed by atoms with E-state index >= 15 is 0 Å². The van der Waals surface area contributed by atoms with Crippen LogP contribution in [0.25, 0.3) is 0 Å². The number of carbonyl (C=O) groups is 1. The topological polar surface area (TPSA) is 83.0 Å². The maximum absolute atomic E-state index is 11.7. The third kappa shape index (κ3) is 4.89. The highest BCUT2D eigenvalue weighted by atomic mass is 35.5. The van der Waals surface area contributed by atoms with Crippen molar-refractivity contribution in [1.29, 1.82) is 0 Å². The average molecular weight is 334 g/mol. The highest BCUT2D eigenvalue weighted by Gasteiger charge is 2.03. The van der Waals surface area contributed by atoms with Crippen LogP contribution < -0.4 is 15.5 Å². The minimum Gasteiger partial charge on any atom is -0.504 e. The van der Waals surface area contributed by atoms with Gasteiger partial charge in [0.25, 0.3) is 5.91 Å². The number of ether oxygens (including phenoxy) is 1. The molecule has 3 N–H and O–H groups in total. The summed E-state index contributed by atoms with van der Waals surface area (Å²) in [5, 5.41) is 16.8. The third-order valence-corrected chi connectivity index (χ3v) is 3.25. The van der Waals surface area contributed by atoms with Gasteiger partial charge in [0, 0.05) is 0 Å². The third-order valence-electron chi connectivity index (χ3n) is 2.92. The number of benzene rings is 2. The van der Waals surface area contributed by atoms with Crippen molar-refractivity contribution in [3.05, 3.63) is 53.1 Å². The molecule has 0 aromatic heterocycles. The van der Waals surface area contributed by atoms with E-state index in [1.54, 1.807) is 24.3 Å². The lowest BCUT2D eigenvalue weighted by Gasteiger charge is -2.06. The molecule has 0 radical (unpaired) electrons. The molecular formula is C16H16ClN3O3. The van der Waals surface area contributed by atoms with Crippen molar-refractivity contribution in [2.24, 2.45) is 5.10 Å². The number of rotatable bonds is 6. The van der Waals surface area contributed by atoms with E-state index in [1.165, 1.54) is 19.4 Å². The number of halogens is 1. The Morgan fingerprint density at radius 3 is 2.87 bits per heavy atom. The molecule has 0 fully saturated rings. The Balaban J connectivity index is 1.85. The minimum atomic E-state index is -0.313. The van der Waals surface area contributed by atoms with Gasteiger partial charge in [-0.1, -0.05) is 23.7 Å². The predicted octanol–water partition coefficient (Wildman–Crippen LogP) is 2.62. The smallest absolute Gasteiger partial charge is 0.259 e. The van der Waals surface area contributed by atoms with E-state index in [0.717, 1.165) is 0 Å². The van der Waals surface area contributed by atoms with Crippen LogP contribution in [0.1, 0.15) is 5.56 Å². The first-order chi connectivity index (χ1) is 11.1. The average Bonchev–Trinajstić information content (AvgIpc) is 2.55. The van der Waals surface area contributed by atoms with Crippen molar-refractivity contribution in [2.75, 3.05) is 19.0 Å². The Morgan fingerprint density at radius 1 is 1.35 bits per heavy atom. The predicted molar refractivity (Wildman–Crippen MR) is 90.3 cm³/mol. The van der Waals surface area contributed by atoms with Crippen LogP contribution in [0.4, 0.5) is 5.69 Å². The van der Waals surface area contributed by atoms with E-state index in [0.29, 0.717) is 22.0 Å². The summed E-state index contributed by atoms with van der Waals surface area (Å²) in [4.78, 5) is 11.7. The Kier molecular flexibility index (Phi) is 5.82. The summed E-state index contributed by atoms with van der Waals surface area (Å²) in [5.41, 5.74) is 3.75. The van der Waals surface area contributed by atoms with Gasteiger partial charge in [0.1, 0.15) is 0 Å². The van der Waals surface area contributed by atoms with Gasteiger partial charge in [-0.25, -0.2) is 5.43 Å². The zero-order valence-corrected chi connectivity index (χ0v) is 13.2. The number of anilines is 1. The number of carbonyl (C=O) groups excluding carboxylic acids is 1. The van der Waals surface area contributed by atoms with Gasteiger partial charge in [0.15, 0.2) is 11.5 Å². The van der Waals surface area contributed by atoms with Gasteiger partial charge in [-0.2, -0.15) is 5.10 Å². The molecule has 6 nitrogen and oxygen atoms in total. The molecular weight excluding hydrogens is 318 g/mol. The molecule has 0 spiro atoms. The maximum Gasteiger partial charge on any atom is 0.259 e. The number of hydrogen-bond donors (Lipinski definition) is 3. The Hall–Kier alpha value is -2.73. The van der Waals surface area contributed by atoms with Gasteiger partial charge in [0.05, 0.1) is 30.6 Å². The highest BCUT2D eigenvalue weighted by molar-refractivity contribution is 6.33. The fourth-order valence-corrected chi connectivity index (χ4v) is 1.98. The number of hydrazone groups is 1. The van der Waals surface area contributed by atoms with Crippen LogP contribution in [0.15, 0.2) is 47.6 Å². The van der Waals surface area contributed by atoms with Crippen molar-refractivity contribution in [3.8, 4) is 11.5 Å². The quantitative estimate of drug-likeness (QED) is 0.560. The van der Waals surface area contributed by atoms with Crippen molar-refractivity contribution < 1.29 is 14.6 Å². The van der Waals surface area contributed by atoms with Crippen LogP contribution in [-0.4, -0.2) is 30.9 Å². The molecule has 1 amide bonds. The molecule has 120 valence electrons. The summed E-state index contributed by atoms with van der Waals surface area (Å²) in [6.45, 7) is 0.0416. The Labute approximate surface area is 138 Å². The first-order valence-electron chi connectivity index (χ1n) is 6.77.